The first kappa shape index (κ1) is 30.4. The van der Waals surface area contributed by atoms with Gasteiger partial charge in [-0.1, -0.05) is 60.8 Å². The Morgan fingerprint density at radius 1 is 1.00 bits per heavy atom. The SMILES string of the molecule is CCCCNC(=O)[C@@H](C)N(Cc1ccc(Cl)cc1Cl)C(=O)CN(c1ccc(F)cc1)S(=O)(=O)c1ccccc1. The number of anilines is 1. The number of unbranched alkanes of at least 4 members (excludes halogenated alkanes) is 1. The van der Waals surface area contributed by atoms with Crippen molar-refractivity contribution in [2.75, 3.05) is 17.4 Å². The maximum absolute atomic E-state index is 13.8. The Balaban J connectivity index is 2.00. The molecule has 0 aromatic heterocycles. The highest BCUT2D eigenvalue weighted by Crippen LogP contribution is 2.26. The molecule has 0 aliphatic heterocycles. The Bertz CT molecular complexity index is 1390. The van der Waals surface area contributed by atoms with Crippen LogP contribution in [-0.4, -0.2) is 44.3 Å². The van der Waals surface area contributed by atoms with Crippen molar-refractivity contribution >= 4 is 50.7 Å². The van der Waals surface area contributed by atoms with Gasteiger partial charge in [-0.2, -0.15) is 0 Å². The average Bonchev–Trinajstić information content (AvgIpc) is 2.92. The molecular weight excluding hydrogens is 564 g/mol. The molecule has 0 spiro atoms. The summed E-state index contributed by atoms with van der Waals surface area (Å²) in [7, 11) is -4.23. The summed E-state index contributed by atoms with van der Waals surface area (Å²) in [4.78, 5) is 28.0. The van der Waals surface area contributed by atoms with Crippen LogP contribution in [0.5, 0.6) is 0 Å². The van der Waals surface area contributed by atoms with Gasteiger partial charge in [-0.05, 0) is 67.4 Å². The lowest BCUT2D eigenvalue weighted by molar-refractivity contribution is -0.139. The Morgan fingerprint density at radius 2 is 1.67 bits per heavy atom. The maximum atomic E-state index is 13.8. The topological polar surface area (TPSA) is 86.8 Å². The zero-order valence-corrected chi connectivity index (χ0v) is 23.9. The minimum atomic E-state index is -4.23. The van der Waals surface area contributed by atoms with Crippen LogP contribution >= 0.6 is 23.2 Å². The summed E-state index contributed by atoms with van der Waals surface area (Å²) in [5.74, 6) is -1.59. The minimum Gasteiger partial charge on any atom is -0.354 e. The van der Waals surface area contributed by atoms with Gasteiger partial charge in [-0.3, -0.25) is 13.9 Å². The van der Waals surface area contributed by atoms with Crippen LogP contribution < -0.4 is 9.62 Å². The van der Waals surface area contributed by atoms with Gasteiger partial charge < -0.3 is 10.2 Å². The molecular formula is C28H30Cl2FN3O4S. The summed E-state index contributed by atoms with van der Waals surface area (Å²) in [6.07, 6.45) is 1.64. The number of nitrogens with zero attached hydrogens (tertiary/aromatic N) is 2. The van der Waals surface area contributed by atoms with Crippen molar-refractivity contribution in [2.45, 2.75) is 44.2 Å². The minimum absolute atomic E-state index is 0.0419. The fourth-order valence-electron chi connectivity index (χ4n) is 3.81. The van der Waals surface area contributed by atoms with E-state index in [9.17, 15) is 22.4 Å². The molecule has 0 unspecified atom stereocenters. The molecule has 3 rings (SSSR count). The lowest BCUT2D eigenvalue weighted by atomic mass is 10.1. The zero-order chi connectivity index (χ0) is 28.6. The summed E-state index contributed by atoms with van der Waals surface area (Å²) in [6.45, 7) is 3.29. The second kappa shape index (κ2) is 13.8. The number of benzene rings is 3. The Morgan fingerprint density at radius 3 is 2.28 bits per heavy atom. The van der Waals surface area contributed by atoms with Crippen molar-refractivity contribution in [3.8, 4) is 0 Å². The predicted molar refractivity (Wildman–Crippen MR) is 152 cm³/mol. The van der Waals surface area contributed by atoms with Crippen molar-refractivity contribution in [2.24, 2.45) is 0 Å². The monoisotopic (exact) mass is 593 g/mol. The number of carbonyl (C=O) groups excluding carboxylic acids is 2. The molecule has 0 aliphatic rings. The van der Waals surface area contributed by atoms with Crippen LogP contribution in [0.1, 0.15) is 32.3 Å². The molecule has 2 amide bonds. The number of nitrogens with one attached hydrogen (secondary N) is 1. The molecule has 0 saturated heterocycles. The van der Waals surface area contributed by atoms with E-state index in [2.05, 4.69) is 5.32 Å². The van der Waals surface area contributed by atoms with Crippen LogP contribution in [0.4, 0.5) is 10.1 Å². The highest BCUT2D eigenvalue weighted by molar-refractivity contribution is 7.92. The quantitative estimate of drug-likeness (QED) is 0.274. The third-order valence-corrected chi connectivity index (χ3v) is 8.45. The van der Waals surface area contributed by atoms with Crippen LogP contribution in [0, 0.1) is 5.82 Å². The summed E-state index contributed by atoms with van der Waals surface area (Å²) in [5.41, 5.74) is 0.625. The van der Waals surface area contributed by atoms with Crippen LogP contribution in [0.15, 0.2) is 77.7 Å². The van der Waals surface area contributed by atoms with Gasteiger partial charge in [-0.25, -0.2) is 12.8 Å². The van der Waals surface area contributed by atoms with E-state index in [4.69, 9.17) is 23.2 Å². The van der Waals surface area contributed by atoms with Crippen LogP contribution in [-0.2, 0) is 26.2 Å². The van der Waals surface area contributed by atoms with E-state index >= 15 is 0 Å². The average molecular weight is 595 g/mol. The standard InChI is InChI=1S/C28H30Cl2FN3O4S/c1-3-4-16-32-28(36)20(2)33(18-21-10-11-22(29)17-26(21)30)27(35)19-34(24-14-12-23(31)13-15-24)39(37,38)25-8-6-5-7-9-25/h5-15,17,20H,3-4,16,18-19H2,1-2H3,(H,32,36)/t20-/m1/s1. The van der Waals surface area contributed by atoms with Crippen molar-refractivity contribution in [1.29, 1.82) is 0 Å². The Kier molecular flexibility index (Phi) is 10.7. The first-order valence-electron chi connectivity index (χ1n) is 12.4. The van der Waals surface area contributed by atoms with Crippen LogP contribution in [0.3, 0.4) is 0 Å². The third kappa shape index (κ3) is 7.94. The molecule has 0 saturated carbocycles. The van der Waals surface area contributed by atoms with Gasteiger partial charge in [0.25, 0.3) is 10.0 Å². The maximum Gasteiger partial charge on any atom is 0.264 e. The molecule has 0 radical (unpaired) electrons. The van der Waals surface area contributed by atoms with Crippen molar-refractivity contribution in [1.82, 2.24) is 10.2 Å². The number of hydrogen-bond donors (Lipinski definition) is 1. The van der Waals surface area contributed by atoms with Gasteiger partial charge in [0.15, 0.2) is 0 Å². The summed E-state index contributed by atoms with van der Waals surface area (Å²) < 4.78 is 41.9. The van der Waals surface area contributed by atoms with E-state index in [-0.39, 0.29) is 23.0 Å². The fourth-order valence-corrected chi connectivity index (χ4v) is 5.71. The summed E-state index contributed by atoms with van der Waals surface area (Å²) >= 11 is 12.4. The van der Waals surface area contributed by atoms with E-state index in [0.717, 1.165) is 29.3 Å². The van der Waals surface area contributed by atoms with Crippen molar-refractivity contribution < 1.29 is 22.4 Å². The molecule has 1 N–H and O–H groups in total. The number of hydrogen-bond acceptors (Lipinski definition) is 4. The van der Waals surface area contributed by atoms with Gasteiger partial charge >= 0.3 is 0 Å². The molecule has 0 fully saturated rings. The van der Waals surface area contributed by atoms with Gasteiger partial charge in [0.05, 0.1) is 10.6 Å². The van der Waals surface area contributed by atoms with Crippen LogP contribution in [0.25, 0.3) is 0 Å². The van der Waals surface area contributed by atoms with E-state index in [1.54, 1.807) is 37.3 Å². The van der Waals surface area contributed by atoms with Gasteiger partial charge in [0.2, 0.25) is 11.8 Å². The predicted octanol–water partition coefficient (Wildman–Crippen LogP) is 5.66. The van der Waals surface area contributed by atoms with E-state index in [0.29, 0.717) is 22.2 Å². The Hall–Kier alpha value is -3.14. The summed E-state index contributed by atoms with van der Waals surface area (Å²) in [6, 6.07) is 16.2. The van der Waals surface area contributed by atoms with E-state index in [1.165, 1.54) is 35.2 Å². The number of rotatable bonds is 12. The normalized spacial score (nSPS) is 12.0. The molecule has 0 heterocycles. The van der Waals surface area contributed by atoms with Crippen molar-refractivity contribution in [3.63, 3.8) is 0 Å². The molecule has 11 heteroatoms. The van der Waals surface area contributed by atoms with Crippen molar-refractivity contribution in [3.05, 3.63) is 94.2 Å². The zero-order valence-electron chi connectivity index (χ0n) is 21.6. The van der Waals surface area contributed by atoms with Gasteiger partial charge in [0, 0.05) is 23.1 Å². The molecule has 3 aromatic carbocycles. The van der Waals surface area contributed by atoms with Crippen LogP contribution in [0.2, 0.25) is 10.0 Å². The first-order chi connectivity index (χ1) is 18.5. The molecule has 7 nitrogen and oxygen atoms in total. The largest absolute Gasteiger partial charge is 0.354 e. The molecule has 1 atom stereocenters. The molecule has 0 bridgehead atoms. The molecule has 208 valence electrons. The van der Waals surface area contributed by atoms with E-state index in [1.807, 2.05) is 6.92 Å². The fraction of sp³-hybridized carbons (Fsp3) is 0.286. The third-order valence-electron chi connectivity index (χ3n) is 6.08. The highest BCUT2D eigenvalue weighted by Gasteiger charge is 2.32. The summed E-state index contributed by atoms with van der Waals surface area (Å²) in [5, 5.41) is 3.52. The second-order valence-corrected chi connectivity index (χ2v) is 11.6. The number of halogens is 3. The molecule has 39 heavy (non-hydrogen) atoms. The smallest absolute Gasteiger partial charge is 0.264 e. The number of amides is 2. The highest BCUT2D eigenvalue weighted by atomic mass is 35.5. The number of sulfonamides is 1. The second-order valence-electron chi connectivity index (χ2n) is 8.88. The molecule has 3 aromatic rings. The number of carbonyl (C=O) groups is 2. The first-order valence-corrected chi connectivity index (χ1v) is 14.6. The Labute approximate surface area is 238 Å². The van der Waals surface area contributed by atoms with E-state index < -0.39 is 34.3 Å². The van der Waals surface area contributed by atoms with Gasteiger partial charge in [0.1, 0.15) is 18.4 Å². The lowest BCUT2D eigenvalue weighted by Gasteiger charge is -2.32. The molecule has 0 aliphatic carbocycles. The van der Waals surface area contributed by atoms with Gasteiger partial charge in [-0.15, -0.1) is 0 Å². The lowest BCUT2D eigenvalue weighted by Crippen LogP contribution is -2.51.